The molecule has 152 valence electrons. The summed E-state index contributed by atoms with van der Waals surface area (Å²) < 4.78 is 20.4. The van der Waals surface area contributed by atoms with E-state index in [-0.39, 0.29) is 40.3 Å². The molecule has 10 nitrogen and oxygen atoms in total. The number of methoxy groups -OCH3 is 1. The normalized spacial score (nSPS) is 12.8. The maximum absolute atomic E-state index is 12.3. The van der Waals surface area contributed by atoms with Gasteiger partial charge in [-0.05, 0) is 31.2 Å². The molecule has 1 aliphatic heterocycles. The van der Waals surface area contributed by atoms with Gasteiger partial charge in [0.1, 0.15) is 11.4 Å². The summed E-state index contributed by atoms with van der Waals surface area (Å²) in [6.07, 6.45) is -1.24. The van der Waals surface area contributed by atoms with Crippen molar-refractivity contribution < 1.29 is 33.5 Å². The van der Waals surface area contributed by atoms with Crippen LogP contribution in [0, 0.1) is 10.1 Å². The van der Waals surface area contributed by atoms with E-state index in [0.29, 0.717) is 5.75 Å². The summed E-state index contributed by atoms with van der Waals surface area (Å²) in [4.78, 5) is 35.2. The number of carbonyl (C=O) groups excluding carboxylic acids is 2. The number of hydrogen-bond donors (Lipinski definition) is 1. The minimum atomic E-state index is -1.24. The van der Waals surface area contributed by atoms with Crippen LogP contribution in [0.1, 0.15) is 17.3 Å². The predicted molar refractivity (Wildman–Crippen MR) is 101 cm³/mol. The summed E-state index contributed by atoms with van der Waals surface area (Å²) in [6, 6.07) is 6.65. The zero-order valence-electron chi connectivity index (χ0n) is 15.3. The first kappa shape index (κ1) is 20.2. The highest BCUT2D eigenvalue weighted by molar-refractivity contribution is 6.32. The summed E-state index contributed by atoms with van der Waals surface area (Å²) in [6.45, 7) is 1.31. The first-order valence-electron chi connectivity index (χ1n) is 8.23. The monoisotopic (exact) mass is 422 g/mol. The minimum Gasteiger partial charge on any atom is -0.496 e. The molecule has 0 bridgehead atoms. The largest absolute Gasteiger partial charge is 0.496 e. The van der Waals surface area contributed by atoms with Crippen molar-refractivity contribution >= 4 is 34.9 Å². The van der Waals surface area contributed by atoms with Gasteiger partial charge in [-0.25, -0.2) is 4.79 Å². The lowest BCUT2D eigenvalue weighted by atomic mass is 10.2. The molecule has 0 saturated heterocycles. The lowest BCUT2D eigenvalue weighted by molar-refractivity contribution is -0.384. The lowest BCUT2D eigenvalue weighted by Gasteiger charge is -2.14. The van der Waals surface area contributed by atoms with Gasteiger partial charge in [0.05, 0.1) is 28.7 Å². The molecule has 29 heavy (non-hydrogen) atoms. The second-order valence-corrected chi connectivity index (χ2v) is 6.28. The zero-order valence-corrected chi connectivity index (χ0v) is 16.0. The fraction of sp³-hybridized carbons (Fsp3) is 0.222. The molecule has 1 N–H and O–H groups in total. The topological polar surface area (TPSA) is 126 Å². The number of nitrogens with zero attached hydrogens (tertiary/aromatic N) is 1. The number of hydrogen-bond acceptors (Lipinski definition) is 8. The molecule has 2 aromatic rings. The fourth-order valence-corrected chi connectivity index (χ4v) is 2.76. The highest BCUT2D eigenvalue weighted by Crippen LogP contribution is 2.40. The van der Waals surface area contributed by atoms with E-state index >= 15 is 0 Å². The van der Waals surface area contributed by atoms with Gasteiger partial charge < -0.3 is 24.3 Å². The number of ether oxygens (including phenoxy) is 4. The number of rotatable bonds is 6. The molecule has 0 spiro atoms. The van der Waals surface area contributed by atoms with E-state index in [1.54, 1.807) is 0 Å². The average molecular weight is 423 g/mol. The van der Waals surface area contributed by atoms with Crippen molar-refractivity contribution in [3.05, 3.63) is 51.0 Å². The molecule has 1 atom stereocenters. The van der Waals surface area contributed by atoms with Crippen molar-refractivity contribution in [1.29, 1.82) is 0 Å². The summed E-state index contributed by atoms with van der Waals surface area (Å²) in [5.41, 5.74) is -0.358. The highest BCUT2D eigenvalue weighted by atomic mass is 35.5. The molecule has 1 heterocycles. The minimum absolute atomic E-state index is 0.0208. The van der Waals surface area contributed by atoms with E-state index in [0.717, 1.165) is 0 Å². The van der Waals surface area contributed by atoms with Crippen LogP contribution < -0.4 is 19.5 Å². The van der Waals surface area contributed by atoms with Crippen LogP contribution in [0.2, 0.25) is 5.02 Å². The molecule has 1 aliphatic rings. The summed E-state index contributed by atoms with van der Waals surface area (Å²) in [5.74, 6) is -0.708. The first-order valence-corrected chi connectivity index (χ1v) is 8.61. The molecule has 0 saturated carbocycles. The van der Waals surface area contributed by atoms with Crippen LogP contribution in [0.3, 0.4) is 0 Å². The van der Waals surface area contributed by atoms with Gasteiger partial charge >= 0.3 is 5.97 Å². The molecule has 11 heteroatoms. The number of carbonyl (C=O) groups is 2. The first-order chi connectivity index (χ1) is 13.8. The van der Waals surface area contributed by atoms with Crippen LogP contribution in [0.4, 0.5) is 11.4 Å². The Labute approximate surface area is 169 Å². The van der Waals surface area contributed by atoms with Gasteiger partial charge in [0.15, 0.2) is 17.6 Å². The average Bonchev–Trinajstić information content (AvgIpc) is 3.17. The molecule has 0 aromatic heterocycles. The number of halogens is 1. The van der Waals surface area contributed by atoms with Crippen LogP contribution in [-0.4, -0.2) is 36.8 Å². The standard InChI is InChI=1S/C18H15ClN2O8/c1-9(17(22)20-13-4-3-11(26-2)7-14(13)21(24)25)29-18(23)10-5-12(19)16-15(6-10)27-8-28-16/h3-7,9H,8H2,1-2H3,(H,20,22). The van der Waals surface area contributed by atoms with Crippen LogP contribution in [-0.2, 0) is 9.53 Å². The molecule has 1 unspecified atom stereocenters. The number of nitrogens with one attached hydrogen (secondary N) is 1. The smallest absolute Gasteiger partial charge is 0.339 e. The van der Waals surface area contributed by atoms with Crippen molar-refractivity contribution in [2.75, 3.05) is 19.2 Å². The summed E-state index contributed by atoms with van der Waals surface area (Å²) >= 11 is 6.03. The number of fused-ring (bicyclic) bond motifs is 1. The SMILES string of the molecule is COc1ccc(NC(=O)C(C)OC(=O)c2cc(Cl)c3c(c2)OCO3)c([N+](=O)[O-])c1. The van der Waals surface area contributed by atoms with Gasteiger partial charge in [-0.15, -0.1) is 0 Å². The number of nitro groups is 1. The van der Waals surface area contributed by atoms with Gasteiger partial charge in [-0.3, -0.25) is 14.9 Å². The Hall–Kier alpha value is -3.53. The lowest BCUT2D eigenvalue weighted by Crippen LogP contribution is -2.30. The summed E-state index contributed by atoms with van der Waals surface area (Å²) in [7, 11) is 1.36. The molecule has 2 aromatic carbocycles. The van der Waals surface area contributed by atoms with Crippen LogP contribution in [0.15, 0.2) is 30.3 Å². The third-order valence-electron chi connectivity index (χ3n) is 3.98. The van der Waals surface area contributed by atoms with Crippen LogP contribution in [0.5, 0.6) is 17.2 Å². The Morgan fingerprint density at radius 1 is 1.28 bits per heavy atom. The van der Waals surface area contributed by atoms with Gasteiger partial charge in [-0.1, -0.05) is 11.6 Å². The number of anilines is 1. The third kappa shape index (κ3) is 4.32. The van der Waals surface area contributed by atoms with Gasteiger partial charge in [0.2, 0.25) is 6.79 Å². The van der Waals surface area contributed by atoms with Crippen molar-refractivity contribution in [2.24, 2.45) is 0 Å². The molecule has 1 amide bonds. The van der Waals surface area contributed by atoms with Gasteiger partial charge in [0, 0.05) is 0 Å². The van der Waals surface area contributed by atoms with Gasteiger partial charge in [-0.2, -0.15) is 0 Å². The quantitative estimate of drug-likeness (QED) is 0.427. The maximum Gasteiger partial charge on any atom is 0.339 e. The Kier molecular flexibility index (Phi) is 5.74. The van der Waals surface area contributed by atoms with E-state index in [1.807, 2.05) is 0 Å². The van der Waals surface area contributed by atoms with E-state index in [9.17, 15) is 19.7 Å². The van der Waals surface area contributed by atoms with Crippen LogP contribution in [0.25, 0.3) is 0 Å². The fourth-order valence-electron chi connectivity index (χ4n) is 2.50. The Bertz CT molecular complexity index is 994. The Morgan fingerprint density at radius 2 is 2.03 bits per heavy atom. The Balaban J connectivity index is 1.71. The van der Waals surface area contributed by atoms with E-state index in [2.05, 4.69) is 5.32 Å². The van der Waals surface area contributed by atoms with Crippen molar-refractivity contribution in [1.82, 2.24) is 0 Å². The summed E-state index contributed by atoms with van der Waals surface area (Å²) in [5, 5.41) is 13.7. The number of nitro benzene ring substituents is 1. The van der Waals surface area contributed by atoms with Crippen molar-refractivity contribution in [3.63, 3.8) is 0 Å². The molecule has 3 rings (SSSR count). The zero-order chi connectivity index (χ0) is 21.1. The Morgan fingerprint density at radius 3 is 2.72 bits per heavy atom. The van der Waals surface area contributed by atoms with E-state index < -0.39 is 22.9 Å². The molecular weight excluding hydrogens is 408 g/mol. The molecular formula is C18H15ClN2O8. The third-order valence-corrected chi connectivity index (χ3v) is 4.26. The number of amides is 1. The predicted octanol–water partition coefficient (Wildman–Crippen LogP) is 3.17. The maximum atomic E-state index is 12.3. The van der Waals surface area contributed by atoms with Gasteiger partial charge in [0.25, 0.3) is 11.6 Å². The second-order valence-electron chi connectivity index (χ2n) is 5.87. The van der Waals surface area contributed by atoms with Crippen molar-refractivity contribution in [2.45, 2.75) is 13.0 Å². The number of esters is 1. The molecule has 0 radical (unpaired) electrons. The van der Waals surface area contributed by atoms with Crippen LogP contribution >= 0.6 is 11.6 Å². The molecule has 0 aliphatic carbocycles. The second kappa shape index (κ2) is 8.23. The van der Waals surface area contributed by atoms with E-state index in [4.69, 9.17) is 30.5 Å². The van der Waals surface area contributed by atoms with Crippen molar-refractivity contribution in [3.8, 4) is 17.2 Å². The van der Waals surface area contributed by atoms with E-state index in [1.165, 1.54) is 44.4 Å². The molecule has 0 fully saturated rings. The number of benzene rings is 2. The highest BCUT2D eigenvalue weighted by Gasteiger charge is 2.25.